The van der Waals surface area contributed by atoms with Gasteiger partial charge in [-0.05, 0) is 26.2 Å². The Balaban J connectivity index is 2.09. The van der Waals surface area contributed by atoms with Crippen LogP contribution >= 0.6 is 0 Å². The molecule has 2 rings (SSSR count). The zero-order chi connectivity index (χ0) is 8.60. The molecule has 2 fully saturated rings. The van der Waals surface area contributed by atoms with Gasteiger partial charge in [0.1, 0.15) is 0 Å². The van der Waals surface area contributed by atoms with Gasteiger partial charge in [0.05, 0.1) is 5.54 Å². The normalized spacial score (nSPS) is 37.9. The van der Waals surface area contributed by atoms with Crippen LogP contribution in [0, 0.1) is 0 Å². The third-order valence-electron chi connectivity index (χ3n) is 3.47. The zero-order valence-electron chi connectivity index (χ0n) is 7.81. The summed E-state index contributed by atoms with van der Waals surface area (Å²) in [5.74, 6) is 0.480. The second-order valence-electron chi connectivity index (χ2n) is 4.24. The summed E-state index contributed by atoms with van der Waals surface area (Å²) in [6.07, 6.45) is 5.53. The van der Waals surface area contributed by atoms with E-state index in [0.29, 0.717) is 5.78 Å². The van der Waals surface area contributed by atoms with E-state index in [1.807, 2.05) is 0 Å². The summed E-state index contributed by atoms with van der Waals surface area (Å²) in [5.41, 5.74) is -0.0729. The van der Waals surface area contributed by atoms with Crippen LogP contribution in [0.1, 0.15) is 39.0 Å². The van der Waals surface area contributed by atoms with E-state index >= 15 is 0 Å². The average Bonchev–Trinajstić information content (AvgIpc) is 1.92. The van der Waals surface area contributed by atoms with Crippen molar-refractivity contribution in [1.29, 1.82) is 0 Å². The Bertz CT molecular complexity index is 198. The fourth-order valence-corrected chi connectivity index (χ4v) is 2.31. The smallest absolute Gasteiger partial charge is 0.152 e. The van der Waals surface area contributed by atoms with Gasteiger partial charge in [-0.1, -0.05) is 6.42 Å². The maximum absolute atomic E-state index is 11.7. The number of likely N-dealkylation sites (tertiary alicyclic amines) is 1. The highest BCUT2D eigenvalue weighted by atomic mass is 16.1. The van der Waals surface area contributed by atoms with E-state index in [4.69, 9.17) is 0 Å². The fourth-order valence-electron chi connectivity index (χ4n) is 2.31. The lowest BCUT2D eigenvalue weighted by molar-refractivity contribution is -0.136. The van der Waals surface area contributed by atoms with E-state index in [0.717, 1.165) is 32.4 Å². The Morgan fingerprint density at radius 1 is 1.25 bits per heavy atom. The summed E-state index contributed by atoms with van der Waals surface area (Å²) in [5, 5.41) is 0. The number of rotatable bonds is 1. The lowest BCUT2D eigenvalue weighted by Crippen LogP contribution is -2.59. The molecule has 0 aromatic carbocycles. The van der Waals surface area contributed by atoms with Gasteiger partial charge in [0.25, 0.3) is 0 Å². The van der Waals surface area contributed by atoms with E-state index in [1.54, 1.807) is 0 Å². The van der Waals surface area contributed by atoms with Crippen molar-refractivity contribution in [3.8, 4) is 0 Å². The first-order chi connectivity index (χ1) is 5.73. The summed E-state index contributed by atoms with van der Waals surface area (Å²) in [4.78, 5) is 14.1. The van der Waals surface area contributed by atoms with Crippen LogP contribution in [-0.2, 0) is 4.79 Å². The molecule has 0 aromatic heterocycles. The Morgan fingerprint density at radius 3 is 2.50 bits per heavy atom. The first-order valence-corrected chi connectivity index (χ1v) is 5.02. The predicted octanol–water partition coefficient (Wildman–Crippen LogP) is 1.59. The van der Waals surface area contributed by atoms with Crippen molar-refractivity contribution < 1.29 is 4.79 Å². The Morgan fingerprint density at radius 2 is 2.00 bits per heavy atom. The van der Waals surface area contributed by atoms with Crippen LogP contribution in [0.4, 0.5) is 0 Å². The monoisotopic (exact) mass is 167 g/mol. The lowest BCUT2D eigenvalue weighted by atomic mass is 9.79. The molecule has 2 nitrogen and oxygen atoms in total. The minimum absolute atomic E-state index is 0.0729. The molecule has 1 saturated carbocycles. The van der Waals surface area contributed by atoms with Crippen LogP contribution in [0.3, 0.4) is 0 Å². The van der Waals surface area contributed by atoms with Crippen LogP contribution < -0.4 is 0 Å². The molecule has 1 saturated heterocycles. The van der Waals surface area contributed by atoms with Gasteiger partial charge in [0.15, 0.2) is 5.78 Å². The summed E-state index contributed by atoms with van der Waals surface area (Å²) in [6.45, 7) is 4.41. The SMILES string of the molecule is C[C@]1(N2CCC2)CCCCC1=O. The molecule has 0 aromatic rings. The quantitative estimate of drug-likeness (QED) is 0.591. The maximum Gasteiger partial charge on any atom is 0.152 e. The van der Waals surface area contributed by atoms with Crippen molar-refractivity contribution >= 4 is 5.78 Å². The van der Waals surface area contributed by atoms with Gasteiger partial charge in [0.2, 0.25) is 0 Å². The minimum atomic E-state index is -0.0729. The van der Waals surface area contributed by atoms with Gasteiger partial charge in [-0.25, -0.2) is 0 Å². The number of hydrogen-bond acceptors (Lipinski definition) is 2. The summed E-state index contributed by atoms with van der Waals surface area (Å²) < 4.78 is 0. The topological polar surface area (TPSA) is 20.3 Å². The molecular weight excluding hydrogens is 150 g/mol. The molecule has 68 valence electrons. The van der Waals surface area contributed by atoms with E-state index in [9.17, 15) is 4.79 Å². The van der Waals surface area contributed by atoms with Gasteiger partial charge in [-0.2, -0.15) is 0 Å². The zero-order valence-corrected chi connectivity index (χ0v) is 7.81. The maximum atomic E-state index is 11.7. The second-order valence-corrected chi connectivity index (χ2v) is 4.24. The molecule has 1 aliphatic heterocycles. The lowest BCUT2D eigenvalue weighted by Gasteiger charge is -2.47. The van der Waals surface area contributed by atoms with E-state index in [2.05, 4.69) is 11.8 Å². The molecule has 1 aliphatic carbocycles. The van der Waals surface area contributed by atoms with Gasteiger partial charge in [-0.3, -0.25) is 9.69 Å². The molecule has 0 N–H and O–H groups in total. The highest BCUT2D eigenvalue weighted by molar-refractivity contribution is 5.88. The molecular formula is C10H17NO. The molecule has 12 heavy (non-hydrogen) atoms. The number of carbonyl (C=O) groups excluding carboxylic acids is 1. The van der Waals surface area contributed by atoms with Gasteiger partial charge >= 0.3 is 0 Å². The Kier molecular flexibility index (Phi) is 1.95. The van der Waals surface area contributed by atoms with Crippen molar-refractivity contribution in [2.75, 3.05) is 13.1 Å². The van der Waals surface area contributed by atoms with Gasteiger partial charge in [-0.15, -0.1) is 0 Å². The van der Waals surface area contributed by atoms with E-state index < -0.39 is 0 Å². The average molecular weight is 167 g/mol. The summed E-state index contributed by atoms with van der Waals surface area (Å²) >= 11 is 0. The first kappa shape index (κ1) is 8.24. The number of ketones is 1. The minimum Gasteiger partial charge on any atom is -0.298 e. The van der Waals surface area contributed by atoms with Crippen molar-refractivity contribution in [2.45, 2.75) is 44.6 Å². The van der Waals surface area contributed by atoms with E-state index in [-0.39, 0.29) is 5.54 Å². The molecule has 0 unspecified atom stereocenters. The van der Waals surface area contributed by atoms with Gasteiger partial charge < -0.3 is 0 Å². The number of carbonyl (C=O) groups is 1. The summed E-state index contributed by atoms with van der Waals surface area (Å²) in [7, 11) is 0. The van der Waals surface area contributed by atoms with E-state index in [1.165, 1.54) is 12.8 Å². The number of nitrogens with zero attached hydrogens (tertiary/aromatic N) is 1. The van der Waals surface area contributed by atoms with Crippen LogP contribution in [0.2, 0.25) is 0 Å². The first-order valence-electron chi connectivity index (χ1n) is 5.02. The predicted molar refractivity (Wildman–Crippen MR) is 48.1 cm³/mol. The molecule has 1 atom stereocenters. The highest BCUT2D eigenvalue weighted by Crippen LogP contribution is 2.33. The third kappa shape index (κ3) is 1.09. The van der Waals surface area contributed by atoms with Crippen LogP contribution in [0.25, 0.3) is 0 Å². The molecule has 0 amide bonds. The van der Waals surface area contributed by atoms with Crippen LogP contribution in [-0.4, -0.2) is 29.3 Å². The van der Waals surface area contributed by atoms with Gasteiger partial charge in [0, 0.05) is 19.5 Å². The van der Waals surface area contributed by atoms with Crippen molar-refractivity contribution in [2.24, 2.45) is 0 Å². The molecule has 2 aliphatic rings. The van der Waals surface area contributed by atoms with Crippen molar-refractivity contribution in [3.05, 3.63) is 0 Å². The third-order valence-corrected chi connectivity index (χ3v) is 3.47. The van der Waals surface area contributed by atoms with Crippen LogP contribution in [0.5, 0.6) is 0 Å². The molecule has 0 radical (unpaired) electrons. The number of Topliss-reactive ketones (excluding diaryl/α,β-unsaturated/α-hetero) is 1. The van der Waals surface area contributed by atoms with Crippen LogP contribution in [0.15, 0.2) is 0 Å². The van der Waals surface area contributed by atoms with Crippen molar-refractivity contribution in [1.82, 2.24) is 4.90 Å². The molecule has 1 heterocycles. The molecule has 2 heteroatoms. The fraction of sp³-hybridized carbons (Fsp3) is 0.900. The second kappa shape index (κ2) is 2.84. The summed E-state index contributed by atoms with van der Waals surface area (Å²) in [6, 6.07) is 0. The molecule has 0 bridgehead atoms. The Labute approximate surface area is 73.9 Å². The Hall–Kier alpha value is -0.370. The standard InChI is InChI=1S/C10H17NO/c1-10(11-7-4-8-11)6-3-2-5-9(10)12/h2-8H2,1H3/t10-/m0/s1. The highest BCUT2D eigenvalue weighted by Gasteiger charge is 2.42. The molecule has 0 spiro atoms. The number of hydrogen-bond donors (Lipinski definition) is 0. The largest absolute Gasteiger partial charge is 0.298 e. The van der Waals surface area contributed by atoms with Crippen molar-refractivity contribution in [3.63, 3.8) is 0 Å².